The van der Waals surface area contributed by atoms with Crippen molar-refractivity contribution in [3.8, 4) is 0 Å². The molecule has 0 bridgehead atoms. The van der Waals surface area contributed by atoms with E-state index in [1.165, 1.54) is 5.69 Å². The molecule has 1 heterocycles. The Kier molecular flexibility index (Phi) is 5.01. The van der Waals surface area contributed by atoms with Crippen LogP contribution in [0.15, 0.2) is 24.3 Å². The summed E-state index contributed by atoms with van der Waals surface area (Å²) in [6, 6.07) is 8.25. The van der Waals surface area contributed by atoms with E-state index in [-0.39, 0.29) is 5.91 Å². The summed E-state index contributed by atoms with van der Waals surface area (Å²) in [5.74, 6) is 0.243. The van der Waals surface area contributed by atoms with Crippen LogP contribution in [0.4, 0.5) is 11.4 Å². The number of rotatable bonds is 5. The zero-order chi connectivity index (χ0) is 14.5. The van der Waals surface area contributed by atoms with E-state index >= 15 is 0 Å². The first-order valence-corrected chi connectivity index (χ1v) is 7.42. The number of benzene rings is 1. The number of nitrogens with zero attached hydrogens (tertiary/aromatic N) is 3. The van der Waals surface area contributed by atoms with E-state index in [0.29, 0.717) is 6.42 Å². The smallest absolute Gasteiger partial charge is 0.227 e. The van der Waals surface area contributed by atoms with Gasteiger partial charge < -0.3 is 14.7 Å². The van der Waals surface area contributed by atoms with E-state index in [9.17, 15) is 4.79 Å². The van der Waals surface area contributed by atoms with Crippen molar-refractivity contribution in [1.82, 2.24) is 4.90 Å². The molecule has 110 valence electrons. The number of carbonyl (C=O) groups is 1. The molecule has 0 atom stereocenters. The zero-order valence-electron chi connectivity index (χ0n) is 12.8. The Bertz CT molecular complexity index is 459. The van der Waals surface area contributed by atoms with Crippen molar-refractivity contribution in [3.05, 3.63) is 24.3 Å². The minimum Gasteiger partial charge on any atom is -0.367 e. The number of anilines is 2. The van der Waals surface area contributed by atoms with Gasteiger partial charge in [0.2, 0.25) is 5.91 Å². The van der Waals surface area contributed by atoms with Crippen LogP contribution in [0.1, 0.15) is 19.8 Å². The van der Waals surface area contributed by atoms with Crippen LogP contribution in [0.3, 0.4) is 0 Å². The molecule has 0 aliphatic carbocycles. The molecule has 0 radical (unpaired) electrons. The molecular weight excluding hydrogens is 250 g/mol. The average Bonchev–Trinajstić information content (AvgIpc) is 2.44. The van der Waals surface area contributed by atoms with Gasteiger partial charge in [0.1, 0.15) is 0 Å². The SMILES string of the molecule is CCCC(=O)N1CCN(CCN(C)C)c2ccccc21. The number of fused-ring (bicyclic) bond motifs is 1. The van der Waals surface area contributed by atoms with Gasteiger partial charge in [0.25, 0.3) is 0 Å². The maximum atomic E-state index is 12.2. The standard InChI is InChI=1S/C16H25N3O/c1-4-7-16(20)19-13-12-18(11-10-17(2)3)14-8-5-6-9-15(14)19/h5-6,8-9H,4,7,10-13H2,1-3H3. The summed E-state index contributed by atoms with van der Waals surface area (Å²) >= 11 is 0. The van der Waals surface area contributed by atoms with Crippen molar-refractivity contribution in [2.45, 2.75) is 19.8 Å². The molecule has 0 spiro atoms. The van der Waals surface area contributed by atoms with E-state index in [0.717, 1.165) is 38.3 Å². The Morgan fingerprint density at radius 3 is 2.55 bits per heavy atom. The highest BCUT2D eigenvalue weighted by Crippen LogP contribution is 2.33. The van der Waals surface area contributed by atoms with Gasteiger partial charge in [-0.15, -0.1) is 0 Å². The van der Waals surface area contributed by atoms with E-state index in [1.54, 1.807) is 0 Å². The fourth-order valence-corrected chi connectivity index (χ4v) is 2.58. The second kappa shape index (κ2) is 6.75. The summed E-state index contributed by atoms with van der Waals surface area (Å²) in [4.78, 5) is 18.8. The Morgan fingerprint density at radius 2 is 1.90 bits per heavy atom. The molecular formula is C16H25N3O. The minimum absolute atomic E-state index is 0.243. The normalized spacial score (nSPS) is 14.6. The molecule has 0 unspecified atom stereocenters. The second-order valence-corrected chi connectivity index (χ2v) is 5.57. The van der Waals surface area contributed by atoms with Gasteiger partial charge in [0, 0.05) is 32.6 Å². The molecule has 0 saturated heterocycles. The maximum absolute atomic E-state index is 12.2. The third-order valence-corrected chi connectivity index (χ3v) is 3.69. The monoisotopic (exact) mass is 275 g/mol. The topological polar surface area (TPSA) is 26.8 Å². The first-order chi connectivity index (χ1) is 9.63. The van der Waals surface area contributed by atoms with Crippen LogP contribution in [0.25, 0.3) is 0 Å². The summed E-state index contributed by atoms with van der Waals surface area (Å²) in [5, 5.41) is 0. The molecule has 4 heteroatoms. The predicted octanol–water partition coefficient (Wildman–Crippen LogP) is 2.20. The van der Waals surface area contributed by atoms with Crippen molar-refractivity contribution < 1.29 is 4.79 Å². The van der Waals surface area contributed by atoms with Gasteiger partial charge in [-0.05, 0) is 32.6 Å². The van der Waals surface area contributed by atoms with Gasteiger partial charge in [0.15, 0.2) is 0 Å². The molecule has 1 aliphatic rings. The summed E-state index contributed by atoms with van der Waals surface area (Å²) in [5.41, 5.74) is 2.25. The number of hydrogen-bond acceptors (Lipinski definition) is 3. The summed E-state index contributed by atoms with van der Waals surface area (Å²) in [6.45, 7) is 5.79. The Balaban J connectivity index is 2.18. The molecule has 0 aromatic heterocycles. The van der Waals surface area contributed by atoms with Gasteiger partial charge in [0.05, 0.1) is 11.4 Å². The van der Waals surface area contributed by atoms with Crippen molar-refractivity contribution in [3.63, 3.8) is 0 Å². The number of para-hydroxylation sites is 2. The third kappa shape index (κ3) is 3.31. The minimum atomic E-state index is 0.243. The van der Waals surface area contributed by atoms with Crippen LogP contribution in [-0.2, 0) is 4.79 Å². The lowest BCUT2D eigenvalue weighted by molar-refractivity contribution is -0.118. The van der Waals surface area contributed by atoms with Crippen molar-refractivity contribution >= 4 is 17.3 Å². The van der Waals surface area contributed by atoms with Crippen LogP contribution >= 0.6 is 0 Å². The Morgan fingerprint density at radius 1 is 1.20 bits per heavy atom. The van der Waals surface area contributed by atoms with Crippen LogP contribution in [-0.4, -0.2) is 51.1 Å². The van der Waals surface area contributed by atoms with Crippen LogP contribution in [0.2, 0.25) is 0 Å². The van der Waals surface area contributed by atoms with E-state index < -0.39 is 0 Å². The fraction of sp³-hybridized carbons (Fsp3) is 0.562. The molecule has 1 aliphatic heterocycles. The number of likely N-dealkylation sites (N-methyl/N-ethyl adjacent to an activating group) is 1. The first-order valence-electron chi connectivity index (χ1n) is 7.42. The Hall–Kier alpha value is -1.55. The average molecular weight is 275 g/mol. The zero-order valence-corrected chi connectivity index (χ0v) is 12.8. The molecule has 1 aromatic rings. The predicted molar refractivity (Wildman–Crippen MR) is 84.5 cm³/mol. The lowest BCUT2D eigenvalue weighted by Gasteiger charge is -2.38. The van der Waals surface area contributed by atoms with Crippen molar-refractivity contribution in [2.75, 3.05) is 50.1 Å². The molecule has 1 amide bonds. The van der Waals surface area contributed by atoms with E-state index in [2.05, 4.69) is 49.0 Å². The number of carbonyl (C=O) groups excluding carboxylic acids is 1. The highest BCUT2D eigenvalue weighted by atomic mass is 16.2. The van der Waals surface area contributed by atoms with Gasteiger partial charge in [-0.1, -0.05) is 19.1 Å². The van der Waals surface area contributed by atoms with Crippen molar-refractivity contribution in [2.24, 2.45) is 0 Å². The lowest BCUT2D eigenvalue weighted by atomic mass is 10.1. The number of hydrogen-bond donors (Lipinski definition) is 0. The van der Waals surface area contributed by atoms with Gasteiger partial charge >= 0.3 is 0 Å². The maximum Gasteiger partial charge on any atom is 0.227 e. The molecule has 2 rings (SSSR count). The summed E-state index contributed by atoms with van der Waals surface area (Å²) in [6.07, 6.45) is 1.54. The van der Waals surface area contributed by atoms with Crippen LogP contribution in [0.5, 0.6) is 0 Å². The van der Waals surface area contributed by atoms with Gasteiger partial charge in [-0.3, -0.25) is 4.79 Å². The van der Waals surface area contributed by atoms with E-state index in [4.69, 9.17) is 0 Å². The third-order valence-electron chi connectivity index (χ3n) is 3.69. The fourth-order valence-electron chi connectivity index (χ4n) is 2.58. The van der Waals surface area contributed by atoms with Gasteiger partial charge in [-0.2, -0.15) is 0 Å². The van der Waals surface area contributed by atoms with E-state index in [1.807, 2.05) is 11.0 Å². The highest BCUT2D eigenvalue weighted by molar-refractivity contribution is 5.97. The molecule has 0 fully saturated rings. The molecule has 0 saturated carbocycles. The molecule has 20 heavy (non-hydrogen) atoms. The largest absolute Gasteiger partial charge is 0.367 e. The van der Waals surface area contributed by atoms with Gasteiger partial charge in [-0.25, -0.2) is 0 Å². The molecule has 0 N–H and O–H groups in total. The Labute approximate surface area is 122 Å². The summed E-state index contributed by atoms with van der Waals surface area (Å²) < 4.78 is 0. The van der Waals surface area contributed by atoms with Crippen molar-refractivity contribution in [1.29, 1.82) is 0 Å². The quantitative estimate of drug-likeness (QED) is 0.824. The second-order valence-electron chi connectivity index (χ2n) is 5.57. The van der Waals surface area contributed by atoms with Crippen LogP contribution in [0, 0.1) is 0 Å². The first kappa shape index (κ1) is 14.9. The summed E-state index contributed by atoms with van der Waals surface area (Å²) in [7, 11) is 4.18. The van der Waals surface area contributed by atoms with Crippen LogP contribution < -0.4 is 9.80 Å². The highest BCUT2D eigenvalue weighted by Gasteiger charge is 2.25. The molecule has 1 aromatic carbocycles. The number of amides is 1. The molecule has 4 nitrogen and oxygen atoms in total. The lowest BCUT2D eigenvalue weighted by Crippen LogP contribution is -2.45.